The van der Waals surface area contributed by atoms with Gasteiger partial charge in [-0.1, -0.05) is 24.3 Å². The van der Waals surface area contributed by atoms with E-state index >= 15 is 0 Å². The van der Waals surface area contributed by atoms with Crippen LogP contribution >= 0.6 is 11.3 Å². The van der Waals surface area contributed by atoms with Gasteiger partial charge in [-0.25, -0.2) is 14.3 Å². The summed E-state index contributed by atoms with van der Waals surface area (Å²) in [6, 6.07) is 13.0. The molecular weight excluding hydrogens is 440 g/mol. The highest BCUT2D eigenvalue weighted by Crippen LogP contribution is 2.25. The number of rotatable bonds is 6. The van der Waals surface area contributed by atoms with Gasteiger partial charge in [0.2, 0.25) is 0 Å². The first-order chi connectivity index (χ1) is 16.1. The lowest BCUT2D eigenvalue weighted by atomic mass is 10.1. The fraction of sp³-hybridized carbons (Fsp3) is 0.0870. The molecule has 0 saturated carbocycles. The van der Waals surface area contributed by atoms with Gasteiger partial charge in [0.25, 0.3) is 5.91 Å². The first-order valence-corrected chi connectivity index (χ1v) is 10.9. The number of carbonyl (C=O) groups is 2. The molecule has 0 saturated heterocycles. The maximum atomic E-state index is 12.9. The van der Waals surface area contributed by atoms with Gasteiger partial charge in [0.1, 0.15) is 5.56 Å². The molecule has 0 radical (unpaired) electrons. The lowest BCUT2D eigenvalue weighted by molar-refractivity contribution is 0.0599. The number of benzene rings is 1. The number of carbonyl (C=O) groups excluding carboxylic acids is 2. The highest BCUT2D eigenvalue weighted by Gasteiger charge is 2.18. The fourth-order valence-corrected chi connectivity index (χ4v) is 4.25. The smallest absolute Gasteiger partial charge is 0.338 e. The molecule has 164 valence electrons. The van der Waals surface area contributed by atoms with Crippen LogP contribution in [0.4, 0.5) is 5.69 Å². The molecule has 4 heterocycles. The number of methoxy groups -OCH3 is 1. The lowest BCUT2D eigenvalue weighted by Gasteiger charge is -2.07. The molecule has 4 aromatic heterocycles. The standard InChI is InChI=1S/C23H18N6O3S/c1-32-23(31)17-6-3-2-5-15(17)13-28-14-16(11-25-28)27-22(30)18-12-26-29-19(8-9-24-21(18)29)20-7-4-10-33-20/h2-12,14H,13H2,1H3,(H,27,30). The van der Waals surface area contributed by atoms with E-state index in [4.69, 9.17) is 4.74 Å². The summed E-state index contributed by atoms with van der Waals surface area (Å²) in [5.74, 6) is -0.746. The number of ether oxygens (including phenoxy) is 1. The Morgan fingerprint density at radius 3 is 2.76 bits per heavy atom. The molecule has 0 aliphatic rings. The summed E-state index contributed by atoms with van der Waals surface area (Å²) in [5, 5.41) is 13.5. The first kappa shape index (κ1) is 20.6. The topological polar surface area (TPSA) is 103 Å². The number of hydrogen-bond donors (Lipinski definition) is 1. The Morgan fingerprint density at radius 1 is 1.06 bits per heavy atom. The van der Waals surface area contributed by atoms with E-state index < -0.39 is 5.97 Å². The third-order valence-electron chi connectivity index (χ3n) is 5.07. The van der Waals surface area contributed by atoms with Crippen molar-refractivity contribution in [3.05, 3.63) is 89.3 Å². The molecule has 0 aliphatic heterocycles. The van der Waals surface area contributed by atoms with Crippen molar-refractivity contribution in [1.82, 2.24) is 24.4 Å². The Bertz CT molecular complexity index is 1450. The number of anilines is 1. The van der Waals surface area contributed by atoms with E-state index in [0.717, 1.165) is 16.1 Å². The molecule has 10 heteroatoms. The average Bonchev–Trinajstić information content (AvgIpc) is 3.60. The van der Waals surface area contributed by atoms with Crippen molar-refractivity contribution >= 4 is 34.5 Å². The number of amides is 1. The van der Waals surface area contributed by atoms with Crippen molar-refractivity contribution in [2.75, 3.05) is 12.4 Å². The van der Waals surface area contributed by atoms with Crippen LogP contribution in [-0.2, 0) is 11.3 Å². The normalized spacial score (nSPS) is 10.9. The van der Waals surface area contributed by atoms with Gasteiger partial charge < -0.3 is 10.1 Å². The molecule has 0 unspecified atom stereocenters. The van der Waals surface area contributed by atoms with Crippen molar-refractivity contribution in [3.8, 4) is 10.6 Å². The quantitative estimate of drug-likeness (QED) is 0.389. The average molecular weight is 459 g/mol. The van der Waals surface area contributed by atoms with E-state index in [1.54, 1.807) is 51.3 Å². The molecule has 0 aliphatic carbocycles. The molecule has 33 heavy (non-hydrogen) atoms. The number of nitrogens with zero attached hydrogens (tertiary/aromatic N) is 5. The number of fused-ring (bicyclic) bond motifs is 1. The molecule has 0 atom stereocenters. The summed E-state index contributed by atoms with van der Waals surface area (Å²) in [5.41, 5.74) is 3.45. The molecule has 0 fully saturated rings. The summed E-state index contributed by atoms with van der Waals surface area (Å²) in [6.45, 7) is 0.351. The molecule has 1 amide bonds. The van der Waals surface area contributed by atoms with Crippen LogP contribution in [0, 0.1) is 0 Å². The molecule has 9 nitrogen and oxygen atoms in total. The van der Waals surface area contributed by atoms with Gasteiger partial charge >= 0.3 is 5.97 Å². The van der Waals surface area contributed by atoms with Gasteiger partial charge in [-0.15, -0.1) is 11.3 Å². The highest BCUT2D eigenvalue weighted by molar-refractivity contribution is 7.13. The number of esters is 1. The van der Waals surface area contributed by atoms with Crippen molar-refractivity contribution < 1.29 is 14.3 Å². The van der Waals surface area contributed by atoms with Crippen LogP contribution in [0.1, 0.15) is 26.3 Å². The van der Waals surface area contributed by atoms with Gasteiger partial charge in [-0.2, -0.15) is 10.2 Å². The maximum absolute atomic E-state index is 12.9. The van der Waals surface area contributed by atoms with Crippen LogP contribution in [0.25, 0.3) is 16.2 Å². The van der Waals surface area contributed by atoms with Crippen LogP contribution < -0.4 is 5.32 Å². The summed E-state index contributed by atoms with van der Waals surface area (Å²) in [6.07, 6.45) is 6.42. The number of aromatic nitrogens is 5. The van der Waals surface area contributed by atoms with Crippen LogP contribution in [0.3, 0.4) is 0 Å². The Hall–Kier alpha value is -4.31. The van der Waals surface area contributed by atoms with E-state index in [1.165, 1.54) is 13.3 Å². The summed E-state index contributed by atoms with van der Waals surface area (Å²) in [7, 11) is 1.35. The molecule has 0 spiro atoms. The second-order valence-electron chi connectivity index (χ2n) is 7.13. The molecule has 1 aromatic carbocycles. The Labute approximate surface area is 192 Å². The van der Waals surface area contributed by atoms with E-state index in [9.17, 15) is 9.59 Å². The third kappa shape index (κ3) is 3.99. The third-order valence-corrected chi connectivity index (χ3v) is 5.96. The minimum absolute atomic E-state index is 0.338. The maximum Gasteiger partial charge on any atom is 0.338 e. The lowest BCUT2D eigenvalue weighted by Crippen LogP contribution is -2.12. The van der Waals surface area contributed by atoms with Gasteiger partial charge in [-0.05, 0) is 29.1 Å². The summed E-state index contributed by atoms with van der Waals surface area (Å²) >= 11 is 1.59. The highest BCUT2D eigenvalue weighted by atomic mass is 32.1. The Kier molecular flexibility index (Phi) is 5.41. The minimum atomic E-state index is -0.409. The number of nitrogens with one attached hydrogen (secondary N) is 1. The fourth-order valence-electron chi connectivity index (χ4n) is 3.52. The SMILES string of the molecule is COC(=O)c1ccccc1Cn1cc(NC(=O)c2cnn3c(-c4cccs4)ccnc23)cn1. The van der Waals surface area contributed by atoms with Crippen molar-refractivity contribution in [1.29, 1.82) is 0 Å². The monoisotopic (exact) mass is 458 g/mol. The predicted octanol–water partition coefficient (Wildman–Crippen LogP) is 3.74. The van der Waals surface area contributed by atoms with Gasteiger partial charge in [0, 0.05) is 12.4 Å². The second-order valence-corrected chi connectivity index (χ2v) is 8.08. The van der Waals surface area contributed by atoms with Crippen LogP contribution in [-0.4, -0.2) is 43.4 Å². The zero-order chi connectivity index (χ0) is 22.8. The van der Waals surface area contributed by atoms with E-state index in [1.807, 2.05) is 35.7 Å². The predicted molar refractivity (Wildman–Crippen MR) is 123 cm³/mol. The van der Waals surface area contributed by atoms with Gasteiger partial charge in [0.05, 0.1) is 47.9 Å². The first-order valence-electron chi connectivity index (χ1n) is 10.0. The number of thiophene rings is 1. The molecule has 0 bridgehead atoms. The minimum Gasteiger partial charge on any atom is -0.465 e. The van der Waals surface area contributed by atoms with Crippen LogP contribution in [0.5, 0.6) is 0 Å². The zero-order valence-corrected chi connectivity index (χ0v) is 18.3. The molecule has 5 rings (SSSR count). The van der Waals surface area contributed by atoms with Crippen molar-refractivity contribution in [3.63, 3.8) is 0 Å². The Morgan fingerprint density at radius 2 is 1.94 bits per heavy atom. The largest absolute Gasteiger partial charge is 0.465 e. The second kappa shape index (κ2) is 8.67. The summed E-state index contributed by atoms with van der Waals surface area (Å²) < 4.78 is 8.14. The molecular formula is C23H18N6O3S. The van der Waals surface area contributed by atoms with Gasteiger partial charge in [-0.3, -0.25) is 9.48 Å². The van der Waals surface area contributed by atoms with E-state index in [2.05, 4.69) is 20.5 Å². The Balaban J connectivity index is 1.36. The number of hydrogen-bond acceptors (Lipinski definition) is 7. The van der Waals surface area contributed by atoms with Crippen molar-refractivity contribution in [2.24, 2.45) is 0 Å². The van der Waals surface area contributed by atoms with Crippen LogP contribution in [0.2, 0.25) is 0 Å². The van der Waals surface area contributed by atoms with E-state index in [0.29, 0.717) is 29.0 Å². The molecule has 5 aromatic rings. The van der Waals surface area contributed by atoms with Crippen molar-refractivity contribution in [2.45, 2.75) is 6.54 Å². The van der Waals surface area contributed by atoms with Gasteiger partial charge in [0.15, 0.2) is 5.65 Å². The molecule has 1 N–H and O–H groups in total. The van der Waals surface area contributed by atoms with E-state index in [-0.39, 0.29) is 5.91 Å². The summed E-state index contributed by atoms with van der Waals surface area (Å²) in [4.78, 5) is 30.3. The zero-order valence-electron chi connectivity index (χ0n) is 17.5. The van der Waals surface area contributed by atoms with Crippen LogP contribution in [0.15, 0.2) is 72.6 Å².